The molecule has 0 amide bonds. The molecule has 1 heterocycles. The molecule has 5 nitrogen and oxygen atoms in total. The highest BCUT2D eigenvalue weighted by Crippen LogP contribution is 2.26. The molecule has 1 aromatic rings. The summed E-state index contributed by atoms with van der Waals surface area (Å²) in [5.41, 5.74) is 2.53. The number of hydrogen-bond acceptors (Lipinski definition) is 6. The zero-order chi connectivity index (χ0) is 12.1. The van der Waals surface area contributed by atoms with Gasteiger partial charge in [0, 0.05) is 6.07 Å². The van der Waals surface area contributed by atoms with Gasteiger partial charge in [0.25, 0.3) is 0 Å². The maximum absolute atomic E-state index is 5.71. The molecule has 1 aliphatic carbocycles. The summed E-state index contributed by atoms with van der Waals surface area (Å²) in [6.45, 7) is 0.745. The van der Waals surface area contributed by atoms with Crippen LogP contribution in [0.1, 0.15) is 25.7 Å². The zero-order valence-electron chi connectivity index (χ0n) is 9.98. The Kier molecular flexibility index (Phi) is 4.44. The molecule has 0 bridgehead atoms. The van der Waals surface area contributed by atoms with E-state index in [4.69, 9.17) is 10.6 Å². The number of hydrogen-bond donors (Lipinski definition) is 2. The van der Waals surface area contributed by atoms with Crippen LogP contribution in [0.15, 0.2) is 11.2 Å². The zero-order valence-corrected chi connectivity index (χ0v) is 10.8. The minimum absolute atomic E-state index is 0.589. The van der Waals surface area contributed by atoms with Crippen LogP contribution in [0.25, 0.3) is 0 Å². The van der Waals surface area contributed by atoms with Crippen LogP contribution in [-0.4, -0.2) is 22.8 Å². The van der Waals surface area contributed by atoms with Crippen LogP contribution >= 0.6 is 11.8 Å². The van der Waals surface area contributed by atoms with Crippen molar-refractivity contribution in [3.05, 3.63) is 6.07 Å². The van der Waals surface area contributed by atoms with Crippen LogP contribution in [0.3, 0.4) is 0 Å². The molecule has 0 unspecified atom stereocenters. The second-order valence-corrected chi connectivity index (χ2v) is 4.96. The van der Waals surface area contributed by atoms with E-state index < -0.39 is 0 Å². The maximum Gasteiger partial charge on any atom is 0.219 e. The van der Waals surface area contributed by atoms with Crippen LogP contribution in [0.4, 0.5) is 5.82 Å². The Labute approximate surface area is 106 Å². The van der Waals surface area contributed by atoms with Crippen molar-refractivity contribution < 1.29 is 4.74 Å². The Morgan fingerprint density at radius 1 is 1.47 bits per heavy atom. The third kappa shape index (κ3) is 3.47. The summed E-state index contributed by atoms with van der Waals surface area (Å²) in [5.74, 6) is 7.22. The maximum atomic E-state index is 5.71. The second kappa shape index (κ2) is 6.07. The molecule has 0 spiro atoms. The molecule has 0 aliphatic heterocycles. The molecule has 17 heavy (non-hydrogen) atoms. The first kappa shape index (κ1) is 12.4. The number of ether oxygens (including phenoxy) is 1. The lowest BCUT2D eigenvalue weighted by atomic mass is 10.1. The fraction of sp³-hybridized carbons (Fsp3) is 0.636. The van der Waals surface area contributed by atoms with Gasteiger partial charge >= 0.3 is 0 Å². The summed E-state index contributed by atoms with van der Waals surface area (Å²) >= 11 is 1.47. The van der Waals surface area contributed by atoms with Gasteiger partial charge in [0.1, 0.15) is 5.82 Å². The quantitative estimate of drug-likeness (QED) is 0.362. The lowest BCUT2D eigenvalue weighted by Gasteiger charge is -2.11. The molecule has 1 saturated carbocycles. The van der Waals surface area contributed by atoms with Gasteiger partial charge in [-0.05, 0) is 25.0 Å². The minimum Gasteiger partial charge on any atom is -0.477 e. The Hall–Kier alpha value is -1.01. The SMILES string of the molecule is CSc1nc(NN)cc(OCC2CCCC2)n1. The van der Waals surface area contributed by atoms with Crippen LogP contribution < -0.4 is 16.0 Å². The van der Waals surface area contributed by atoms with E-state index in [1.165, 1.54) is 37.4 Å². The van der Waals surface area contributed by atoms with Gasteiger partial charge in [-0.1, -0.05) is 24.6 Å². The van der Waals surface area contributed by atoms with Gasteiger partial charge in [-0.2, -0.15) is 4.98 Å². The predicted octanol–water partition coefficient (Wildman–Crippen LogP) is 2.05. The monoisotopic (exact) mass is 254 g/mol. The third-order valence-corrected chi connectivity index (χ3v) is 3.50. The Bertz CT molecular complexity index is 346. The van der Waals surface area contributed by atoms with E-state index in [-0.39, 0.29) is 0 Å². The third-order valence-electron chi connectivity index (χ3n) is 2.95. The summed E-state index contributed by atoms with van der Waals surface area (Å²) in [6, 6.07) is 1.73. The molecular weight excluding hydrogens is 236 g/mol. The summed E-state index contributed by atoms with van der Waals surface area (Å²) in [4.78, 5) is 8.48. The first-order valence-corrected chi connectivity index (χ1v) is 7.07. The Morgan fingerprint density at radius 3 is 2.88 bits per heavy atom. The van der Waals surface area contributed by atoms with Gasteiger partial charge in [0.05, 0.1) is 6.61 Å². The van der Waals surface area contributed by atoms with Crippen molar-refractivity contribution in [1.29, 1.82) is 0 Å². The first-order valence-electron chi connectivity index (χ1n) is 5.84. The normalized spacial score (nSPS) is 16.1. The van der Waals surface area contributed by atoms with Crippen molar-refractivity contribution in [2.24, 2.45) is 11.8 Å². The highest BCUT2D eigenvalue weighted by Gasteiger charge is 2.16. The Morgan fingerprint density at radius 2 is 2.24 bits per heavy atom. The largest absolute Gasteiger partial charge is 0.477 e. The molecule has 6 heteroatoms. The van der Waals surface area contributed by atoms with Crippen molar-refractivity contribution in [2.75, 3.05) is 18.3 Å². The number of thioether (sulfide) groups is 1. The van der Waals surface area contributed by atoms with Gasteiger partial charge in [-0.25, -0.2) is 10.8 Å². The number of nitrogens with two attached hydrogens (primary N) is 1. The van der Waals surface area contributed by atoms with E-state index in [0.29, 0.717) is 22.8 Å². The van der Waals surface area contributed by atoms with E-state index in [2.05, 4.69) is 15.4 Å². The molecule has 3 N–H and O–H groups in total. The van der Waals surface area contributed by atoms with Gasteiger partial charge < -0.3 is 10.2 Å². The van der Waals surface area contributed by atoms with Crippen LogP contribution in [-0.2, 0) is 0 Å². The number of anilines is 1. The van der Waals surface area contributed by atoms with Crippen LogP contribution in [0, 0.1) is 5.92 Å². The molecular formula is C11H18N4OS. The van der Waals surface area contributed by atoms with Crippen LogP contribution in [0.2, 0.25) is 0 Å². The van der Waals surface area contributed by atoms with Gasteiger partial charge in [0.15, 0.2) is 5.16 Å². The van der Waals surface area contributed by atoms with Crippen molar-refractivity contribution in [2.45, 2.75) is 30.8 Å². The molecule has 94 valence electrons. The number of aromatic nitrogens is 2. The molecule has 1 fully saturated rings. The highest BCUT2D eigenvalue weighted by atomic mass is 32.2. The van der Waals surface area contributed by atoms with Gasteiger partial charge in [0.2, 0.25) is 5.88 Å². The second-order valence-electron chi connectivity index (χ2n) is 4.18. The predicted molar refractivity (Wildman–Crippen MR) is 69.1 cm³/mol. The van der Waals surface area contributed by atoms with Crippen molar-refractivity contribution in [3.8, 4) is 5.88 Å². The standard InChI is InChI=1S/C11H18N4OS/c1-17-11-13-9(15-12)6-10(14-11)16-7-8-4-2-3-5-8/h6,8H,2-5,7,12H2,1H3,(H,13,14,15). The lowest BCUT2D eigenvalue weighted by molar-refractivity contribution is 0.241. The van der Waals surface area contributed by atoms with Crippen molar-refractivity contribution in [1.82, 2.24) is 9.97 Å². The van der Waals surface area contributed by atoms with Gasteiger partial charge in [-0.15, -0.1) is 0 Å². The average Bonchev–Trinajstić information content (AvgIpc) is 2.89. The number of rotatable bonds is 5. The minimum atomic E-state index is 0.589. The first-order chi connectivity index (χ1) is 8.31. The molecule has 1 aromatic heterocycles. The van der Waals surface area contributed by atoms with E-state index in [0.717, 1.165) is 6.61 Å². The topological polar surface area (TPSA) is 73.1 Å². The number of nitrogens with zero attached hydrogens (tertiary/aromatic N) is 2. The van der Waals surface area contributed by atoms with Crippen molar-refractivity contribution >= 4 is 17.6 Å². The van der Waals surface area contributed by atoms with E-state index >= 15 is 0 Å². The van der Waals surface area contributed by atoms with E-state index in [9.17, 15) is 0 Å². The highest BCUT2D eigenvalue weighted by molar-refractivity contribution is 7.98. The van der Waals surface area contributed by atoms with Crippen LogP contribution in [0.5, 0.6) is 5.88 Å². The lowest BCUT2D eigenvalue weighted by Crippen LogP contribution is -2.12. The summed E-state index contributed by atoms with van der Waals surface area (Å²) in [7, 11) is 0. The van der Waals surface area contributed by atoms with E-state index in [1.807, 2.05) is 6.26 Å². The summed E-state index contributed by atoms with van der Waals surface area (Å²) in [6.07, 6.45) is 7.11. The van der Waals surface area contributed by atoms with E-state index in [1.54, 1.807) is 6.07 Å². The fourth-order valence-corrected chi connectivity index (χ4v) is 2.39. The molecule has 2 rings (SSSR count). The number of hydrazine groups is 1. The summed E-state index contributed by atoms with van der Waals surface area (Å²) in [5, 5.41) is 0.668. The molecule has 0 atom stereocenters. The van der Waals surface area contributed by atoms with Gasteiger partial charge in [-0.3, -0.25) is 0 Å². The molecule has 0 saturated heterocycles. The smallest absolute Gasteiger partial charge is 0.219 e. The summed E-state index contributed by atoms with van der Waals surface area (Å²) < 4.78 is 5.71. The average molecular weight is 254 g/mol. The molecule has 0 aromatic carbocycles. The number of nitrogen functional groups attached to an aromatic ring is 1. The fourth-order valence-electron chi connectivity index (χ4n) is 2.02. The Balaban J connectivity index is 1.98. The van der Waals surface area contributed by atoms with Crippen molar-refractivity contribution in [3.63, 3.8) is 0 Å². The molecule has 1 aliphatic rings. The molecule has 0 radical (unpaired) electrons. The number of nitrogens with one attached hydrogen (secondary N) is 1.